The summed E-state index contributed by atoms with van der Waals surface area (Å²) >= 11 is 0. The third-order valence-electron chi connectivity index (χ3n) is 5.54. The first-order valence-electron chi connectivity index (χ1n) is 11.9. The molecule has 1 atom stereocenters. The zero-order valence-corrected chi connectivity index (χ0v) is 20.7. The maximum Gasteiger partial charge on any atom is 0.417 e. The van der Waals surface area contributed by atoms with Crippen LogP contribution >= 0.6 is 0 Å². The fourth-order valence-electron chi connectivity index (χ4n) is 3.52. The van der Waals surface area contributed by atoms with Crippen molar-refractivity contribution in [3.05, 3.63) is 83.2 Å². The topological polar surface area (TPSA) is 153 Å². The van der Waals surface area contributed by atoms with Gasteiger partial charge >= 0.3 is 6.18 Å². The maximum absolute atomic E-state index is 14.5. The Kier molecular flexibility index (Phi) is 8.66. The summed E-state index contributed by atoms with van der Waals surface area (Å²) < 4.78 is 55.4. The van der Waals surface area contributed by atoms with Crippen LogP contribution in [0.25, 0.3) is 0 Å². The van der Waals surface area contributed by atoms with Crippen LogP contribution in [0.5, 0.6) is 5.75 Å². The van der Waals surface area contributed by atoms with Crippen molar-refractivity contribution in [3.63, 3.8) is 0 Å². The lowest BCUT2D eigenvalue weighted by molar-refractivity contribution is -0.137. The van der Waals surface area contributed by atoms with Crippen molar-refractivity contribution < 1.29 is 32.3 Å². The van der Waals surface area contributed by atoms with Gasteiger partial charge in [-0.1, -0.05) is 22.6 Å². The van der Waals surface area contributed by atoms with E-state index in [2.05, 4.69) is 36.2 Å². The summed E-state index contributed by atoms with van der Waals surface area (Å²) in [5, 5.41) is 29.6. The van der Waals surface area contributed by atoms with E-state index in [-0.39, 0.29) is 55.3 Å². The summed E-state index contributed by atoms with van der Waals surface area (Å²) in [6.07, 6.45) is -1.48. The molecule has 4 rings (SSSR count). The molecular weight excluding hydrogens is 538 g/mol. The Morgan fingerprint density at radius 3 is 2.25 bits per heavy atom. The third kappa shape index (κ3) is 7.81. The zero-order chi connectivity index (χ0) is 28.7. The molecule has 0 aliphatic rings. The number of carbonyl (C=O) groups excluding carboxylic acids is 2. The molecule has 0 spiro atoms. The van der Waals surface area contributed by atoms with Gasteiger partial charge in [0.2, 0.25) is 0 Å². The summed E-state index contributed by atoms with van der Waals surface area (Å²) in [7, 11) is 0. The summed E-state index contributed by atoms with van der Waals surface area (Å²) in [4.78, 5) is 28.1. The predicted octanol–water partition coefficient (Wildman–Crippen LogP) is 2.28. The molecule has 0 saturated carbocycles. The smallest absolute Gasteiger partial charge is 0.417 e. The van der Waals surface area contributed by atoms with Crippen molar-refractivity contribution in [1.29, 1.82) is 0 Å². The van der Waals surface area contributed by atoms with Crippen LogP contribution in [-0.4, -0.2) is 58.1 Å². The molecule has 1 aromatic carbocycles. The highest BCUT2D eigenvalue weighted by Crippen LogP contribution is 2.28. The van der Waals surface area contributed by atoms with E-state index in [1.165, 1.54) is 35.4 Å². The van der Waals surface area contributed by atoms with Crippen LogP contribution in [0.2, 0.25) is 0 Å². The molecule has 0 radical (unpaired) electrons. The Balaban J connectivity index is 1.21. The van der Waals surface area contributed by atoms with Gasteiger partial charge < -0.3 is 15.7 Å². The van der Waals surface area contributed by atoms with Crippen molar-refractivity contribution in [3.8, 4) is 5.75 Å². The van der Waals surface area contributed by atoms with Crippen molar-refractivity contribution in [2.24, 2.45) is 0 Å². The van der Waals surface area contributed by atoms with E-state index in [4.69, 9.17) is 0 Å². The average molecular weight is 562 g/mol. The molecule has 0 saturated heterocycles. The van der Waals surface area contributed by atoms with Gasteiger partial charge in [0.05, 0.1) is 24.5 Å². The number of pyridine rings is 1. The number of halogens is 4. The molecule has 0 fully saturated rings. The quantitative estimate of drug-likeness (QED) is 0.236. The van der Waals surface area contributed by atoms with Crippen LogP contribution in [0.1, 0.15) is 44.1 Å². The first kappa shape index (κ1) is 28.1. The van der Waals surface area contributed by atoms with Crippen LogP contribution in [0.3, 0.4) is 0 Å². The number of amides is 2. The Labute approximate surface area is 224 Å². The minimum Gasteiger partial charge on any atom is -0.508 e. The lowest BCUT2D eigenvalue weighted by Gasteiger charge is -2.08. The first-order chi connectivity index (χ1) is 19.1. The number of phenolic OH excluding ortho intramolecular Hbond substituents is 1. The molecule has 210 valence electrons. The SMILES string of the molecule is O=C(NCc1cccc(O)c1)c1cn(CCC(F)Cn2cc(C(=O)NCc3cncc(C(F)(F)F)c3)nn2)nn1. The van der Waals surface area contributed by atoms with Gasteiger partial charge in [0.15, 0.2) is 11.4 Å². The molecule has 3 heterocycles. The minimum absolute atomic E-state index is 0.00233. The standard InChI is InChI=1S/C24H23F4N9O3/c25-18(4-5-36-13-20(32-34-36)22(39)30-9-15-2-1-3-19(38)7-15)12-37-14-21(33-35-37)23(40)31-10-16-6-17(11-29-8-16)24(26,27)28/h1-3,6-8,11,13-14,18,38H,4-5,9-10,12H2,(H,30,39)(H,31,40). The minimum atomic E-state index is -4.56. The van der Waals surface area contributed by atoms with Crippen molar-refractivity contribution in [1.82, 2.24) is 45.6 Å². The van der Waals surface area contributed by atoms with E-state index in [0.29, 0.717) is 11.8 Å². The molecule has 0 aliphatic carbocycles. The fraction of sp³-hybridized carbons (Fsp3) is 0.292. The summed E-state index contributed by atoms with van der Waals surface area (Å²) in [6.45, 7) is -0.153. The number of hydrogen-bond donors (Lipinski definition) is 3. The molecule has 16 heteroatoms. The van der Waals surface area contributed by atoms with Crippen LogP contribution in [0, 0.1) is 0 Å². The van der Waals surface area contributed by atoms with Gasteiger partial charge in [0.1, 0.15) is 11.9 Å². The molecule has 1 unspecified atom stereocenters. The van der Waals surface area contributed by atoms with Crippen LogP contribution in [0.15, 0.2) is 55.1 Å². The molecule has 3 N–H and O–H groups in total. The van der Waals surface area contributed by atoms with Crippen LogP contribution < -0.4 is 10.6 Å². The molecular formula is C24H23F4N9O3. The van der Waals surface area contributed by atoms with Gasteiger partial charge in [-0.25, -0.2) is 9.07 Å². The second kappa shape index (κ2) is 12.3. The van der Waals surface area contributed by atoms with Gasteiger partial charge in [0, 0.05) is 38.4 Å². The number of aryl methyl sites for hydroxylation is 1. The Morgan fingerprint density at radius 2 is 1.57 bits per heavy atom. The number of nitrogens with one attached hydrogen (secondary N) is 2. The summed E-state index contributed by atoms with van der Waals surface area (Å²) in [6, 6.07) is 7.29. The lowest BCUT2D eigenvalue weighted by Crippen LogP contribution is -2.23. The van der Waals surface area contributed by atoms with E-state index in [0.717, 1.165) is 10.7 Å². The van der Waals surface area contributed by atoms with E-state index in [1.807, 2.05) is 0 Å². The summed E-state index contributed by atoms with van der Waals surface area (Å²) in [5.41, 5.74) is -0.185. The lowest BCUT2D eigenvalue weighted by atomic mass is 10.2. The van der Waals surface area contributed by atoms with Crippen molar-refractivity contribution in [2.45, 2.75) is 44.9 Å². The first-order valence-corrected chi connectivity index (χ1v) is 11.9. The zero-order valence-electron chi connectivity index (χ0n) is 20.7. The van der Waals surface area contributed by atoms with E-state index in [9.17, 15) is 32.3 Å². The van der Waals surface area contributed by atoms with Gasteiger partial charge in [-0.15, -0.1) is 10.2 Å². The highest BCUT2D eigenvalue weighted by molar-refractivity contribution is 5.92. The van der Waals surface area contributed by atoms with E-state index >= 15 is 0 Å². The number of nitrogens with zero attached hydrogens (tertiary/aromatic N) is 7. The average Bonchev–Trinajstić information content (AvgIpc) is 3.59. The number of carbonyl (C=O) groups is 2. The van der Waals surface area contributed by atoms with E-state index in [1.54, 1.807) is 12.1 Å². The van der Waals surface area contributed by atoms with Gasteiger partial charge in [-0.2, -0.15) is 13.2 Å². The van der Waals surface area contributed by atoms with Gasteiger partial charge in [0.25, 0.3) is 11.8 Å². The number of phenols is 1. The summed E-state index contributed by atoms with van der Waals surface area (Å²) in [5.74, 6) is -1.10. The Morgan fingerprint density at radius 1 is 0.925 bits per heavy atom. The van der Waals surface area contributed by atoms with Crippen LogP contribution in [-0.2, 0) is 32.4 Å². The van der Waals surface area contributed by atoms with Crippen LogP contribution in [0.4, 0.5) is 17.6 Å². The largest absolute Gasteiger partial charge is 0.508 e. The second-order valence-corrected chi connectivity index (χ2v) is 8.69. The number of benzene rings is 1. The predicted molar refractivity (Wildman–Crippen MR) is 129 cm³/mol. The second-order valence-electron chi connectivity index (χ2n) is 8.69. The molecule has 40 heavy (non-hydrogen) atoms. The highest BCUT2D eigenvalue weighted by atomic mass is 19.4. The maximum atomic E-state index is 14.5. The van der Waals surface area contributed by atoms with E-state index < -0.39 is 29.7 Å². The van der Waals surface area contributed by atoms with Gasteiger partial charge in [-0.05, 0) is 29.3 Å². The normalized spacial score (nSPS) is 12.2. The number of hydrogen-bond acceptors (Lipinski definition) is 8. The number of alkyl halides is 4. The Hall–Kier alpha value is -4.89. The monoisotopic (exact) mass is 561 g/mol. The molecule has 12 nitrogen and oxygen atoms in total. The number of aromatic nitrogens is 7. The molecule has 0 bridgehead atoms. The number of rotatable bonds is 11. The molecule has 4 aromatic rings. The van der Waals surface area contributed by atoms with Crippen molar-refractivity contribution in [2.75, 3.05) is 0 Å². The molecule has 3 aromatic heterocycles. The third-order valence-corrected chi connectivity index (χ3v) is 5.54. The number of aromatic hydroxyl groups is 1. The highest BCUT2D eigenvalue weighted by Gasteiger charge is 2.31. The Bertz CT molecular complexity index is 1470. The fourth-order valence-corrected chi connectivity index (χ4v) is 3.52. The van der Waals surface area contributed by atoms with Gasteiger partial charge in [-0.3, -0.25) is 19.3 Å². The van der Waals surface area contributed by atoms with Crippen molar-refractivity contribution >= 4 is 11.8 Å². The molecule has 0 aliphatic heterocycles. The molecule has 2 amide bonds.